The average Bonchev–Trinajstić information content (AvgIpc) is 2.81. The largest absolute Gasteiger partial charge is 0.311 e. The van der Waals surface area contributed by atoms with Gasteiger partial charge in [-0.25, -0.2) is 4.98 Å². The summed E-state index contributed by atoms with van der Waals surface area (Å²) < 4.78 is 1.89. The Kier molecular flexibility index (Phi) is 8.28. The van der Waals surface area contributed by atoms with Crippen LogP contribution < -0.4 is 10.9 Å². The van der Waals surface area contributed by atoms with Gasteiger partial charge in [0, 0.05) is 18.1 Å². The Morgan fingerprint density at radius 2 is 1.44 bits per heavy atom. The van der Waals surface area contributed by atoms with Crippen molar-refractivity contribution in [3.8, 4) is 0 Å². The van der Waals surface area contributed by atoms with Crippen molar-refractivity contribution >= 4 is 22.6 Å². The number of rotatable bonds is 1. The quantitative estimate of drug-likeness (QED) is 0.506. The first-order chi connectivity index (χ1) is 15.7. The molecule has 3 heterocycles. The molecule has 2 aromatic rings. The van der Waals surface area contributed by atoms with E-state index < -0.39 is 0 Å². The summed E-state index contributed by atoms with van der Waals surface area (Å²) >= 11 is 6.07. The number of piperidine rings is 2. The third-order valence-corrected chi connectivity index (χ3v) is 8.17. The lowest BCUT2D eigenvalue weighted by Gasteiger charge is -2.41. The van der Waals surface area contributed by atoms with E-state index in [1.165, 1.54) is 32.1 Å². The Labute approximate surface area is 198 Å². The molecule has 1 N–H and O–H groups in total. The van der Waals surface area contributed by atoms with Crippen molar-refractivity contribution in [3.05, 3.63) is 39.8 Å². The average molecular weight is 458 g/mol. The predicted molar refractivity (Wildman–Crippen MR) is 134 cm³/mol. The number of fused-ring (bicyclic) bond motifs is 5. The molecule has 0 spiro atoms. The summed E-state index contributed by atoms with van der Waals surface area (Å²) in [4.78, 5) is 16.8. The molecule has 176 valence electrons. The molecule has 6 rings (SSSR count). The van der Waals surface area contributed by atoms with Crippen molar-refractivity contribution in [3.63, 3.8) is 0 Å². The first-order valence-corrected chi connectivity index (χ1v) is 13.5. The highest BCUT2D eigenvalue weighted by Crippen LogP contribution is 2.39. The van der Waals surface area contributed by atoms with Crippen LogP contribution in [0.1, 0.15) is 96.9 Å². The third-order valence-electron chi connectivity index (χ3n) is 7.93. The van der Waals surface area contributed by atoms with E-state index in [-0.39, 0.29) is 16.8 Å². The van der Waals surface area contributed by atoms with Gasteiger partial charge < -0.3 is 9.88 Å². The Balaban J connectivity index is 0.000000185. The van der Waals surface area contributed by atoms with Gasteiger partial charge in [-0.1, -0.05) is 82.5 Å². The second kappa shape index (κ2) is 11.2. The molecule has 2 unspecified atom stereocenters. The highest BCUT2D eigenvalue weighted by atomic mass is 35.5. The molecular formula is C27H40ClN3O. The molecule has 2 saturated heterocycles. The maximum Gasteiger partial charge on any atom is 0.288 e. The van der Waals surface area contributed by atoms with E-state index in [1.54, 1.807) is 32.1 Å². The van der Waals surface area contributed by atoms with E-state index in [9.17, 15) is 4.79 Å². The summed E-state index contributed by atoms with van der Waals surface area (Å²) in [5.74, 6) is 2.30. The first-order valence-electron chi connectivity index (χ1n) is 13.1. The zero-order valence-electron chi connectivity index (χ0n) is 19.9. The van der Waals surface area contributed by atoms with Crippen molar-refractivity contribution in [1.82, 2.24) is 14.9 Å². The second-order valence-electron chi connectivity index (χ2n) is 10.0. The first kappa shape index (κ1) is 23.8. The number of aromatic nitrogens is 2. The van der Waals surface area contributed by atoms with Gasteiger partial charge in [0.25, 0.3) is 5.56 Å². The number of nitrogens with zero attached hydrogens (tertiary/aromatic N) is 2. The maximum atomic E-state index is 12.5. The van der Waals surface area contributed by atoms with E-state index in [0.717, 1.165) is 35.7 Å². The minimum Gasteiger partial charge on any atom is -0.311 e. The Hall–Kier alpha value is -1.39. The van der Waals surface area contributed by atoms with Crippen LogP contribution in [0.4, 0.5) is 0 Å². The standard InChI is InChI=1S/C16H18ClN3O.C9H16.C2H6/c17-15-16(21)20(14-7-2-1-6-13(14)19-15)12-8-10-4-3-5-11(9-12)18-10;1-3-8-5-2-6-9(4-1)7-8;1-2/h1-2,6-7,10-12,18H,3-5,8-9H2;8-9H,1-7H2;1-2H3. The molecule has 4 fully saturated rings. The topological polar surface area (TPSA) is 46.9 Å². The number of hydrogen-bond donors (Lipinski definition) is 1. The highest BCUT2D eigenvalue weighted by molar-refractivity contribution is 6.29. The molecule has 5 heteroatoms. The summed E-state index contributed by atoms with van der Waals surface area (Å²) in [6.45, 7) is 4.00. The summed E-state index contributed by atoms with van der Waals surface area (Å²) in [7, 11) is 0. The van der Waals surface area contributed by atoms with Crippen LogP contribution in [0.2, 0.25) is 5.15 Å². The molecule has 4 bridgehead atoms. The number of benzene rings is 1. The molecule has 1 aromatic carbocycles. The van der Waals surface area contributed by atoms with Gasteiger partial charge in [0.05, 0.1) is 11.0 Å². The van der Waals surface area contributed by atoms with Crippen molar-refractivity contribution in [2.75, 3.05) is 0 Å². The van der Waals surface area contributed by atoms with Crippen LogP contribution in [0.5, 0.6) is 0 Å². The van der Waals surface area contributed by atoms with Crippen LogP contribution in [-0.2, 0) is 0 Å². The van der Waals surface area contributed by atoms with Gasteiger partial charge in [-0.15, -0.1) is 0 Å². The molecule has 2 saturated carbocycles. The predicted octanol–water partition coefficient (Wildman–Crippen LogP) is 6.90. The van der Waals surface area contributed by atoms with Crippen LogP contribution in [0.3, 0.4) is 0 Å². The van der Waals surface area contributed by atoms with E-state index in [4.69, 9.17) is 11.6 Å². The molecule has 0 amide bonds. The van der Waals surface area contributed by atoms with Gasteiger partial charge in [-0.05, 0) is 56.1 Å². The second-order valence-corrected chi connectivity index (χ2v) is 10.4. The zero-order valence-corrected chi connectivity index (χ0v) is 20.6. The van der Waals surface area contributed by atoms with Gasteiger partial charge >= 0.3 is 0 Å². The highest BCUT2D eigenvalue weighted by Gasteiger charge is 2.33. The summed E-state index contributed by atoms with van der Waals surface area (Å²) in [6.07, 6.45) is 16.6. The summed E-state index contributed by atoms with van der Waals surface area (Å²) in [6, 6.07) is 9.05. The zero-order chi connectivity index (χ0) is 22.5. The van der Waals surface area contributed by atoms with Crippen molar-refractivity contribution in [2.24, 2.45) is 11.8 Å². The van der Waals surface area contributed by atoms with Gasteiger partial charge in [-0.3, -0.25) is 4.79 Å². The van der Waals surface area contributed by atoms with Crippen molar-refractivity contribution in [1.29, 1.82) is 0 Å². The lowest BCUT2D eigenvalue weighted by molar-refractivity contribution is 0.189. The Bertz CT molecular complexity index is 910. The fourth-order valence-corrected chi connectivity index (χ4v) is 6.74. The van der Waals surface area contributed by atoms with E-state index in [2.05, 4.69) is 10.3 Å². The van der Waals surface area contributed by atoms with Crippen LogP contribution in [0.15, 0.2) is 29.1 Å². The maximum absolute atomic E-state index is 12.5. The normalized spacial score (nSPS) is 31.0. The molecule has 2 aliphatic heterocycles. The third kappa shape index (κ3) is 5.39. The van der Waals surface area contributed by atoms with Crippen LogP contribution in [0, 0.1) is 11.8 Å². The van der Waals surface area contributed by atoms with Gasteiger partial charge in [0.2, 0.25) is 0 Å². The van der Waals surface area contributed by atoms with Gasteiger partial charge in [-0.2, -0.15) is 0 Å². The van der Waals surface area contributed by atoms with Crippen molar-refractivity contribution in [2.45, 2.75) is 109 Å². The Morgan fingerprint density at radius 1 is 0.875 bits per heavy atom. The Morgan fingerprint density at radius 3 is 2.03 bits per heavy atom. The van der Waals surface area contributed by atoms with Crippen LogP contribution >= 0.6 is 11.6 Å². The molecule has 1 aromatic heterocycles. The summed E-state index contributed by atoms with van der Waals surface area (Å²) in [5, 5.41) is 3.75. The van der Waals surface area contributed by atoms with Crippen LogP contribution in [0.25, 0.3) is 11.0 Å². The summed E-state index contributed by atoms with van der Waals surface area (Å²) in [5.41, 5.74) is 1.54. The lowest BCUT2D eigenvalue weighted by atomic mass is 9.72. The van der Waals surface area contributed by atoms with Crippen molar-refractivity contribution < 1.29 is 0 Å². The minimum absolute atomic E-state index is 0.0809. The molecule has 2 aliphatic carbocycles. The molecule has 32 heavy (non-hydrogen) atoms. The number of para-hydroxylation sites is 2. The number of hydrogen-bond acceptors (Lipinski definition) is 3. The van der Waals surface area contributed by atoms with Crippen LogP contribution in [-0.4, -0.2) is 21.6 Å². The van der Waals surface area contributed by atoms with E-state index in [0.29, 0.717) is 12.1 Å². The number of halogens is 1. The van der Waals surface area contributed by atoms with E-state index in [1.807, 2.05) is 42.7 Å². The lowest BCUT2D eigenvalue weighted by Crippen LogP contribution is -2.50. The fraction of sp³-hybridized carbons (Fsp3) is 0.704. The minimum atomic E-state index is -0.152. The molecule has 0 radical (unpaired) electrons. The molecule has 4 nitrogen and oxygen atoms in total. The number of nitrogens with one attached hydrogen (secondary N) is 1. The fourth-order valence-electron chi connectivity index (χ4n) is 6.56. The monoisotopic (exact) mass is 457 g/mol. The van der Waals surface area contributed by atoms with Gasteiger partial charge in [0.1, 0.15) is 0 Å². The molecule has 4 aliphatic rings. The molecule has 2 atom stereocenters. The smallest absolute Gasteiger partial charge is 0.288 e. The SMILES string of the molecule is C1CC2CCCC(C1)C2.CC.O=c1c(Cl)nc2ccccc2n1C1CC2CCCC(C1)N2. The molecular weight excluding hydrogens is 418 g/mol. The van der Waals surface area contributed by atoms with Gasteiger partial charge in [0.15, 0.2) is 5.15 Å². The van der Waals surface area contributed by atoms with E-state index >= 15 is 0 Å².